The van der Waals surface area contributed by atoms with E-state index in [1.165, 1.54) is 11.3 Å². The number of imidazole rings is 1. The Morgan fingerprint density at radius 1 is 1.19 bits per heavy atom. The average Bonchev–Trinajstić information content (AvgIpc) is 2.52. The molecular weight excluding hydrogens is 196 g/mol. The van der Waals surface area contributed by atoms with Crippen molar-refractivity contribution in [3.8, 4) is 0 Å². The van der Waals surface area contributed by atoms with Gasteiger partial charge in [-0.05, 0) is 24.0 Å². The van der Waals surface area contributed by atoms with Gasteiger partial charge in [0, 0.05) is 5.92 Å². The molecule has 0 radical (unpaired) electrons. The molecule has 0 spiro atoms. The Balaban J connectivity index is 2.49. The van der Waals surface area contributed by atoms with Crippen LogP contribution in [0.25, 0.3) is 11.6 Å². The fourth-order valence-electron chi connectivity index (χ4n) is 2.01. The minimum absolute atomic E-state index is 0.453. The van der Waals surface area contributed by atoms with Crippen molar-refractivity contribution in [2.24, 2.45) is 5.92 Å². The zero-order valence-electron chi connectivity index (χ0n) is 10.5. The highest BCUT2D eigenvalue weighted by atomic mass is 14.9. The second kappa shape index (κ2) is 4.28. The van der Waals surface area contributed by atoms with Gasteiger partial charge < -0.3 is 4.98 Å². The minimum Gasteiger partial charge on any atom is -0.342 e. The van der Waals surface area contributed by atoms with Crippen LogP contribution in [0.5, 0.6) is 0 Å². The standard InChI is InChI=1S/C14H20N2/c1-9(2)11-7-5-6-8-12-13(11)16-14(15-12)10(3)4/h6-10H,5H2,1-4H3,(H,15,16). The maximum atomic E-state index is 4.74. The van der Waals surface area contributed by atoms with Gasteiger partial charge in [0.2, 0.25) is 0 Å². The lowest BCUT2D eigenvalue weighted by molar-refractivity contribution is 0.789. The second-order valence-electron chi connectivity index (χ2n) is 4.99. The Morgan fingerprint density at radius 2 is 1.94 bits per heavy atom. The Morgan fingerprint density at radius 3 is 2.56 bits per heavy atom. The minimum atomic E-state index is 0.453. The van der Waals surface area contributed by atoms with Gasteiger partial charge in [0.1, 0.15) is 5.82 Å². The number of rotatable bonds is 2. The van der Waals surface area contributed by atoms with Gasteiger partial charge in [0.25, 0.3) is 0 Å². The first-order chi connectivity index (χ1) is 7.59. The van der Waals surface area contributed by atoms with Gasteiger partial charge in [-0.3, -0.25) is 0 Å². The number of hydrogen-bond donors (Lipinski definition) is 1. The summed E-state index contributed by atoms with van der Waals surface area (Å²) in [5.74, 6) is 2.07. The molecule has 1 aliphatic carbocycles. The fourth-order valence-corrected chi connectivity index (χ4v) is 2.01. The number of hydrogen-bond acceptors (Lipinski definition) is 1. The molecule has 0 saturated heterocycles. The Bertz CT molecular complexity index is 434. The number of aromatic amines is 1. The first-order valence-corrected chi connectivity index (χ1v) is 6.06. The maximum Gasteiger partial charge on any atom is 0.109 e. The van der Waals surface area contributed by atoms with Crippen LogP contribution >= 0.6 is 0 Å². The zero-order valence-corrected chi connectivity index (χ0v) is 10.5. The van der Waals surface area contributed by atoms with Crippen LogP contribution in [0.3, 0.4) is 0 Å². The molecule has 2 nitrogen and oxygen atoms in total. The van der Waals surface area contributed by atoms with E-state index in [0.29, 0.717) is 11.8 Å². The summed E-state index contributed by atoms with van der Waals surface area (Å²) in [4.78, 5) is 8.16. The van der Waals surface area contributed by atoms with Crippen molar-refractivity contribution in [2.45, 2.75) is 40.0 Å². The molecule has 0 atom stereocenters. The van der Waals surface area contributed by atoms with E-state index in [2.05, 4.69) is 50.9 Å². The molecule has 0 bridgehead atoms. The van der Waals surface area contributed by atoms with Gasteiger partial charge in [-0.2, -0.15) is 0 Å². The number of nitrogens with zero attached hydrogens (tertiary/aromatic N) is 1. The van der Waals surface area contributed by atoms with Crippen molar-refractivity contribution in [3.05, 3.63) is 29.4 Å². The Kier molecular flexibility index (Phi) is 2.99. The van der Waals surface area contributed by atoms with Crippen LogP contribution in [0.1, 0.15) is 57.2 Å². The molecule has 0 aliphatic heterocycles. The molecule has 1 aromatic heterocycles. The first kappa shape index (κ1) is 11.2. The highest BCUT2D eigenvalue weighted by Gasteiger charge is 2.17. The summed E-state index contributed by atoms with van der Waals surface area (Å²) in [6.07, 6.45) is 7.64. The van der Waals surface area contributed by atoms with Crippen molar-refractivity contribution in [1.82, 2.24) is 9.97 Å². The smallest absolute Gasteiger partial charge is 0.109 e. The van der Waals surface area contributed by atoms with Crippen LogP contribution in [0.2, 0.25) is 0 Å². The SMILES string of the molecule is CC(C)C1=CCC=Cc2[nH]c(C(C)C)nc21. The van der Waals surface area contributed by atoms with E-state index in [1.54, 1.807) is 0 Å². The second-order valence-corrected chi connectivity index (χ2v) is 4.99. The number of nitrogens with one attached hydrogen (secondary N) is 1. The molecule has 0 saturated carbocycles. The van der Waals surface area contributed by atoms with E-state index in [4.69, 9.17) is 4.98 Å². The molecule has 0 fully saturated rings. The maximum absolute atomic E-state index is 4.74. The number of H-pyrrole nitrogens is 1. The summed E-state index contributed by atoms with van der Waals surface area (Å²) in [6.45, 7) is 8.79. The monoisotopic (exact) mass is 216 g/mol. The van der Waals surface area contributed by atoms with Crippen LogP contribution in [0.15, 0.2) is 12.2 Å². The summed E-state index contributed by atoms with van der Waals surface area (Å²) in [7, 11) is 0. The molecule has 0 amide bonds. The Labute approximate surface area is 97.5 Å². The summed E-state index contributed by atoms with van der Waals surface area (Å²) >= 11 is 0. The molecule has 1 heterocycles. The molecule has 0 unspecified atom stereocenters. The van der Waals surface area contributed by atoms with E-state index < -0.39 is 0 Å². The molecule has 16 heavy (non-hydrogen) atoms. The highest BCUT2D eigenvalue weighted by molar-refractivity contribution is 5.73. The van der Waals surface area contributed by atoms with E-state index >= 15 is 0 Å². The quantitative estimate of drug-likeness (QED) is 0.795. The lowest BCUT2D eigenvalue weighted by atomic mass is 9.99. The Hall–Kier alpha value is -1.31. The number of allylic oxidation sites excluding steroid dienone is 3. The van der Waals surface area contributed by atoms with Crippen LogP contribution in [0, 0.1) is 5.92 Å². The van der Waals surface area contributed by atoms with Crippen molar-refractivity contribution >= 4 is 11.6 Å². The number of aromatic nitrogens is 2. The van der Waals surface area contributed by atoms with Crippen molar-refractivity contribution in [1.29, 1.82) is 0 Å². The van der Waals surface area contributed by atoms with Crippen LogP contribution in [0.4, 0.5) is 0 Å². The van der Waals surface area contributed by atoms with Crippen LogP contribution in [-0.4, -0.2) is 9.97 Å². The molecule has 86 valence electrons. The predicted octanol–water partition coefficient (Wildman–Crippen LogP) is 3.99. The van der Waals surface area contributed by atoms with Crippen LogP contribution in [-0.2, 0) is 0 Å². The first-order valence-electron chi connectivity index (χ1n) is 6.06. The number of fused-ring (bicyclic) bond motifs is 1. The van der Waals surface area contributed by atoms with E-state index in [1.807, 2.05) is 0 Å². The third-order valence-corrected chi connectivity index (χ3v) is 2.95. The lowest BCUT2D eigenvalue weighted by Crippen LogP contribution is -1.96. The molecule has 1 N–H and O–H groups in total. The molecule has 0 aromatic carbocycles. The van der Waals surface area contributed by atoms with E-state index in [9.17, 15) is 0 Å². The lowest BCUT2D eigenvalue weighted by Gasteiger charge is -2.08. The van der Waals surface area contributed by atoms with Gasteiger partial charge >= 0.3 is 0 Å². The summed E-state index contributed by atoms with van der Waals surface area (Å²) < 4.78 is 0. The molecule has 1 aliphatic rings. The third-order valence-electron chi connectivity index (χ3n) is 2.95. The fraction of sp³-hybridized carbons (Fsp3) is 0.500. The molecule has 2 rings (SSSR count). The molecule has 2 heteroatoms. The summed E-state index contributed by atoms with van der Waals surface area (Å²) in [5, 5.41) is 0. The summed E-state index contributed by atoms with van der Waals surface area (Å²) in [6, 6.07) is 0. The topological polar surface area (TPSA) is 28.7 Å². The van der Waals surface area contributed by atoms with Gasteiger partial charge in [0.05, 0.1) is 11.4 Å². The summed E-state index contributed by atoms with van der Waals surface area (Å²) in [5.41, 5.74) is 3.68. The van der Waals surface area contributed by atoms with E-state index in [0.717, 1.165) is 17.9 Å². The van der Waals surface area contributed by atoms with E-state index in [-0.39, 0.29) is 0 Å². The molecule has 1 aromatic rings. The largest absolute Gasteiger partial charge is 0.342 e. The van der Waals surface area contributed by atoms with Crippen molar-refractivity contribution in [3.63, 3.8) is 0 Å². The van der Waals surface area contributed by atoms with Crippen molar-refractivity contribution in [2.75, 3.05) is 0 Å². The zero-order chi connectivity index (χ0) is 11.7. The van der Waals surface area contributed by atoms with Gasteiger partial charge in [-0.1, -0.05) is 39.8 Å². The highest BCUT2D eigenvalue weighted by Crippen LogP contribution is 2.29. The third kappa shape index (κ3) is 1.97. The van der Waals surface area contributed by atoms with Crippen LogP contribution < -0.4 is 0 Å². The van der Waals surface area contributed by atoms with Crippen molar-refractivity contribution < 1.29 is 0 Å². The predicted molar refractivity (Wildman–Crippen MR) is 69.1 cm³/mol. The molecular formula is C14H20N2. The average molecular weight is 216 g/mol. The van der Waals surface area contributed by atoms with Gasteiger partial charge in [-0.15, -0.1) is 0 Å². The normalized spacial score (nSPS) is 15.2. The van der Waals surface area contributed by atoms with Gasteiger partial charge in [0.15, 0.2) is 0 Å². The van der Waals surface area contributed by atoms with Gasteiger partial charge in [-0.25, -0.2) is 4.98 Å².